The lowest BCUT2D eigenvalue weighted by Gasteiger charge is -2.40. The van der Waals surface area contributed by atoms with Crippen molar-refractivity contribution >= 4 is 5.91 Å². The number of hydrogen-bond donors (Lipinski definition) is 6. The Morgan fingerprint density at radius 3 is 0.798 bits per heavy atom. The number of aliphatic hydroxyl groups excluding tert-OH is 5. The van der Waals surface area contributed by atoms with Crippen LogP contribution in [0.5, 0.6) is 0 Å². The lowest BCUT2D eigenvalue weighted by Crippen LogP contribution is -2.60. The van der Waals surface area contributed by atoms with Crippen LogP contribution in [-0.2, 0) is 14.3 Å². The van der Waals surface area contributed by atoms with Crippen molar-refractivity contribution in [2.75, 3.05) is 13.2 Å². The van der Waals surface area contributed by atoms with Crippen molar-refractivity contribution in [2.24, 2.45) is 0 Å². The fourth-order valence-electron chi connectivity index (χ4n) is 13.9. The molecule has 1 saturated heterocycles. The highest BCUT2D eigenvalue weighted by Crippen LogP contribution is 2.25. The van der Waals surface area contributed by atoms with Gasteiger partial charge in [-0.15, -0.1) is 0 Å². The molecular formula is C80H159NO8. The Morgan fingerprint density at radius 1 is 0.337 bits per heavy atom. The Kier molecular flexibility index (Phi) is 67.8. The minimum Gasteiger partial charge on any atom is -0.394 e. The lowest BCUT2D eigenvalue weighted by atomic mass is 9.99. The predicted molar refractivity (Wildman–Crippen MR) is 383 cm³/mol. The Bertz CT molecular complexity index is 1370. The first-order chi connectivity index (χ1) is 43.8. The number of amides is 1. The molecule has 89 heavy (non-hydrogen) atoms. The number of hydrogen-bond acceptors (Lipinski definition) is 8. The van der Waals surface area contributed by atoms with Gasteiger partial charge in [0, 0.05) is 6.42 Å². The second kappa shape index (κ2) is 70.0. The quantitative estimate of drug-likeness (QED) is 0.0330. The number of ether oxygens (including phenoxy) is 2. The van der Waals surface area contributed by atoms with Crippen LogP contribution in [0.3, 0.4) is 0 Å². The SMILES string of the molecule is CCCCCCCCCCCCCCCCCCCCCCCCCCCCCCCCCCCCCCCCCCCC(=O)NC(COC1OC(CO)C(O)C(O)C1O)C(O)CCCCCCCCCCCCCCCCCCCCCCCCCCC. The minimum absolute atomic E-state index is 0.130. The summed E-state index contributed by atoms with van der Waals surface area (Å²) in [6.07, 6.45) is 83.8. The third kappa shape index (κ3) is 58.3. The predicted octanol–water partition coefficient (Wildman–Crippen LogP) is 23.2. The van der Waals surface area contributed by atoms with Crippen molar-refractivity contribution < 1.29 is 39.8 Å². The number of unbranched alkanes of at least 4 members (excludes halogenated alkanes) is 64. The summed E-state index contributed by atoms with van der Waals surface area (Å²) in [6.45, 7) is 3.92. The molecule has 1 heterocycles. The molecule has 7 unspecified atom stereocenters. The molecule has 0 aromatic rings. The van der Waals surface area contributed by atoms with E-state index in [1.807, 2.05) is 0 Å². The first-order valence-corrected chi connectivity index (χ1v) is 40.7. The van der Waals surface area contributed by atoms with Crippen LogP contribution in [0.4, 0.5) is 0 Å². The average Bonchev–Trinajstić information content (AvgIpc) is 2.59. The van der Waals surface area contributed by atoms with Crippen LogP contribution in [0.1, 0.15) is 450 Å². The van der Waals surface area contributed by atoms with Gasteiger partial charge in [0.2, 0.25) is 5.91 Å². The van der Waals surface area contributed by atoms with Gasteiger partial charge in [-0.2, -0.15) is 0 Å². The average molecular weight is 1260 g/mol. The van der Waals surface area contributed by atoms with Gasteiger partial charge in [0.1, 0.15) is 24.4 Å². The molecule has 0 aliphatic carbocycles. The van der Waals surface area contributed by atoms with Gasteiger partial charge in [-0.1, -0.05) is 431 Å². The van der Waals surface area contributed by atoms with E-state index in [4.69, 9.17) is 9.47 Å². The Labute approximate surface area is 554 Å². The van der Waals surface area contributed by atoms with Crippen LogP contribution < -0.4 is 5.32 Å². The lowest BCUT2D eigenvalue weighted by molar-refractivity contribution is -0.302. The zero-order chi connectivity index (χ0) is 64.2. The van der Waals surface area contributed by atoms with Crippen molar-refractivity contribution in [1.82, 2.24) is 5.32 Å². The van der Waals surface area contributed by atoms with Gasteiger partial charge in [0.05, 0.1) is 25.4 Å². The first kappa shape index (κ1) is 86.2. The van der Waals surface area contributed by atoms with Gasteiger partial charge < -0.3 is 40.3 Å². The zero-order valence-corrected chi connectivity index (χ0v) is 60.0. The highest BCUT2D eigenvalue weighted by atomic mass is 16.7. The standard InChI is InChI=1S/C80H159NO8/c1-3-5-7-9-11-13-15-17-19-21-23-25-27-29-30-31-32-33-34-35-36-37-38-39-40-41-42-43-44-46-48-50-52-54-56-58-60-62-64-66-68-70-76(84)81-73(72-88-80-79(87)78(86)77(85)75(71-82)89-80)74(83)69-67-65-63-61-59-57-55-53-51-49-47-45-28-26-24-22-20-18-16-14-12-10-8-6-4-2/h73-75,77-80,82-83,85-87H,3-72H2,1-2H3,(H,81,84). The number of rotatable bonds is 74. The molecule has 9 nitrogen and oxygen atoms in total. The van der Waals surface area contributed by atoms with E-state index in [2.05, 4.69) is 19.2 Å². The van der Waals surface area contributed by atoms with E-state index >= 15 is 0 Å². The number of carbonyl (C=O) groups is 1. The third-order valence-electron chi connectivity index (χ3n) is 20.2. The topological polar surface area (TPSA) is 149 Å². The maximum Gasteiger partial charge on any atom is 0.220 e. The molecule has 532 valence electrons. The van der Waals surface area contributed by atoms with Crippen molar-refractivity contribution in [3.05, 3.63) is 0 Å². The molecule has 0 aromatic carbocycles. The summed E-state index contributed by atoms with van der Waals surface area (Å²) in [5.41, 5.74) is 0. The monoisotopic (exact) mass is 1260 g/mol. The van der Waals surface area contributed by atoms with E-state index in [0.717, 1.165) is 38.5 Å². The Balaban J connectivity index is 2.00. The van der Waals surface area contributed by atoms with Gasteiger partial charge in [-0.3, -0.25) is 4.79 Å². The molecule has 0 spiro atoms. The zero-order valence-electron chi connectivity index (χ0n) is 60.0. The third-order valence-corrected chi connectivity index (χ3v) is 20.2. The molecule has 9 heteroatoms. The van der Waals surface area contributed by atoms with Crippen molar-refractivity contribution in [2.45, 2.75) is 493 Å². The van der Waals surface area contributed by atoms with E-state index in [1.54, 1.807) is 0 Å². The maximum atomic E-state index is 13.2. The summed E-state index contributed by atoms with van der Waals surface area (Å²) in [7, 11) is 0. The molecule has 1 rings (SSSR count). The van der Waals surface area contributed by atoms with E-state index in [1.165, 1.54) is 385 Å². The summed E-state index contributed by atoms with van der Waals surface area (Å²) in [4.78, 5) is 13.2. The van der Waals surface area contributed by atoms with Crippen molar-refractivity contribution in [3.63, 3.8) is 0 Å². The van der Waals surface area contributed by atoms with E-state index in [0.29, 0.717) is 12.8 Å². The summed E-state index contributed by atoms with van der Waals surface area (Å²) >= 11 is 0. The molecule has 0 bridgehead atoms. The van der Waals surface area contributed by atoms with Gasteiger partial charge in [0.25, 0.3) is 0 Å². The van der Waals surface area contributed by atoms with E-state index in [-0.39, 0.29) is 12.5 Å². The van der Waals surface area contributed by atoms with E-state index in [9.17, 15) is 30.3 Å². The molecule has 1 aliphatic heterocycles. The normalized spacial score (nSPS) is 17.7. The number of aliphatic hydroxyl groups is 5. The van der Waals surface area contributed by atoms with Crippen LogP contribution in [0.25, 0.3) is 0 Å². The van der Waals surface area contributed by atoms with Crippen LogP contribution >= 0.6 is 0 Å². The van der Waals surface area contributed by atoms with Crippen LogP contribution in [0.15, 0.2) is 0 Å². The molecule has 0 radical (unpaired) electrons. The fraction of sp³-hybridized carbons (Fsp3) is 0.988. The molecule has 7 atom stereocenters. The number of carbonyl (C=O) groups excluding carboxylic acids is 1. The molecular weight excluding hydrogens is 1100 g/mol. The summed E-state index contributed by atoms with van der Waals surface area (Å²) in [5.74, 6) is -0.131. The van der Waals surface area contributed by atoms with Gasteiger partial charge in [0.15, 0.2) is 6.29 Å². The Hall–Kier alpha value is -0.810. The van der Waals surface area contributed by atoms with Crippen molar-refractivity contribution in [3.8, 4) is 0 Å². The second-order valence-electron chi connectivity index (χ2n) is 28.9. The minimum atomic E-state index is -1.55. The Morgan fingerprint density at radius 2 is 0.562 bits per heavy atom. The van der Waals surface area contributed by atoms with E-state index < -0.39 is 49.5 Å². The van der Waals surface area contributed by atoms with Crippen molar-refractivity contribution in [1.29, 1.82) is 0 Å². The maximum absolute atomic E-state index is 13.2. The summed E-state index contributed by atoms with van der Waals surface area (Å²) in [6, 6.07) is -0.716. The van der Waals surface area contributed by atoms with Gasteiger partial charge >= 0.3 is 0 Å². The molecule has 6 N–H and O–H groups in total. The van der Waals surface area contributed by atoms with Gasteiger partial charge in [-0.05, 0) is 12.8 Å². The van der Waals surface area contributed by atoms with Crippen LogP contribution in [0.2, 0.25) is 0 Å². The fourth-order valence-corrected chi connectivity index (χ4v) is 13.9. The van der Waals surface area contributed by atoms with Crippen LogP contribution in [0, 0.1) is 0 Å². The second-order valence-corrected chi connectivity index (χ2v) is 28.9. The molecule has 1 fully saturated rings. The summed E-state index contributed by atoms with van der Waals surface area (Å²) in [5, 5.41) is 55.1. The summed E-state index contributed by atoms with van der Waals surface area (Å²) < 4.78 is 11.4. The van der Waals surface area contributed by atoms with Crippen LogP contribution in [-0.4, -0.2) is 87.5 Å². The highest BCUT2D eigenvalue weighted by Gasteiger charge is 2.44. The largest absolute Gasteiger partial charge is 0.394 e. The first-order valence-electron chi connectivity index (χ1n) is 40.7. The molecule has 1 aliphatic rings. The number of nitrogens with one attached hydrogen (secondary N) is 1. The van der Waals surface area contributed by atoms with Gasteiger partial charge in [-0.25, -0.2) is 0 Å². The molecule has 1 amide bonds. The highest BCUT2D eigenvalue weighted by molar-refractivity contribution is 5.76. The molecule has 0 aromatic heterocycles. The molecule has 0 saturated carbocycles. The smallest absolute Gasteiger partial charge is 0.220 e.